The van der Waals surface area contributed by atoms with E-state index in [2.05, 4.69) is 28.1 Å². The molecule has 1 unspecified atom stereocenters. The van der Waals surface area contributed by atoms with Crippen molar-refractivity contribution in [1.82, 2.24) is 0 Å². The zero-order chi connectivity index (χ0) is 17.5. The summed E-state index contributed by atoms with van der Waals surface area (Å²) in [5, 5.41) is 8.46. The largest absolute Gasteiger partial charge is 0.326 e. The summed E-state index contributed by atoms with van der Waals surface area (Å²) < 4.78 is 0. The zero-order valence-electron chi connectivity index (χ0n) is 13.9. The first-order valence-corrected chi connectivity index (χ1v) is 8.40. The van der Waals surface area contributed by atoms with Gasteiger partial charge in [-0.15, -0.1) is 0 Å². The summed E-state index contributed by atoms with van der Waals surface area (Å²) in [6, 6.07) is 16.0. The van der Waals surface area contributed by atoms with Crippen molar-refractivity contribution in [3.8, 4) is 0 Å². The van der Waals surface area contributed by atoms with Crippen molar-refractivity contribution in [2.45, 2.75) is 19.3 Å². The van der Waals surface area contributed by atoms with Crippen molar-refractivity contribution < 1.29 is 9.59 Å². The van der Waals surface area contributed by atoms with Gasteiger partial charge in [0.15, 0.2) is 0 Å². The van der Waals surface area contributed by atoms with Gasteiger partial charge in [0.25, 0.3) is 0 Å². The lowest BCUT2D eigenvalue weighted by Crippen LogP contribution is -2.23. The van der Waals surface area contributed by atoms with E-state index < -0.39 is 0 Å². The van der Waals surface area contributed by atoms with Crippen LogP contribution >= 0.6 is 0 Å². The van der Waals surface area contributed by atoms with Gasteiger partial charge in [-0.2, -0.15) is 0 Å². The summed E-state index contributed by atoms with van der Waals surface area (Å²) in [6.07, 6.45) is 6.77. The summed E-state index contributed by atoms with van der Waals surface area (Å²) in [5.41, 5.74) is 2.02. The van der Waals surface area contributed by atoms with Crippen molar-refractivity contribution in [3.63, 3.8) is 0 Å². The highest BCUT2D eigenvalue weighted by Crippen LogP contribution is 2.21. The van der Waals surface area contributed by atoms with Gasteiger partial charge in [0, 0.05) is 23.0 Å². The van der Waals surface area contributed by atoms with Crippen LogP contribution < -0.4 is 16.0 Å². The van der Waals surface area contributed by atoms with Crippen molar-refractivity contribution in [2.75, 3.05) is 16.0 Å². The highest BCUT2D eigenvalue weighted by molar-refractivity contribution is 6.00. The van der Waals surface area contributed by atoms with Gasteiger partial charge < -0.3 is 16.0 Å². The van der Waals surface area contributed by atoms with E-state index in [1.54, 1.807) is 18.2 Å². The fraction of sp³-hybridized carbons (Fsp3) is 0.200. The fourth-order valence-corrected chi connectivity index (χ4v) is 2.77. The lowest BCUT2D eigenvalue weighted by atomic mass is 9.93. The molecule has 0 saturated carbocycles. The Morgan fingerprint density at radius 1 is 0.800 bits per heavy atom. The van der Waals surface area contributed by atoms with Crippen LogP contribution in [0.15, 0.2) is 66.7 Å². The minimum absolute atomic E-state index is 0.0167. The second kappa shape index (κ2) is 8.15. The molecule has 0 bridgehead atoms. The highest BCUT2D eigenvalue weighted by Gasteiger charge is 2.18. The Balaban J connectivity index is 1.58. The van der Waals surface area contributed by atoms with Crippen molar-refractivity contribution in [1.29, 1.82) is 0 Å². The van der Waals surface area contributed by atoms with Gasteiger partial charge in [-0.25, -0.2) is 4.79 Å². The fourth-order valence-electron chi connectivity index (χ4n) is 2.77. The maximum Gasteiger partial charge on any atom is 0.323 e. The van der Waals surface area contributed by atoms with Gasteiger partial charge in [-0.1, -0.05) is 36.4 Å². The van der Waals surface area contributed by atoms with Crippen LogP contribution in [0, 0.1) is 5.92 Å². The van der Waals surface area contributed by atoms with E-state index in [-0.39, 0.29) is 17.9 Å². The summed E-state index contributed by atoms with van der Waals surface area (Å²) >= 11 is 0. The Labute approximate surface area is 147 Å². The van der Waals surface area contributed by atoms with Crippen LogP contribution in [-0.4, -0.2) is 11.9 Å². The first kappa shape index (κ1) is 16.8. The van der Waals surface area contributed by atoms with Crippen LogP contribution in [-0.2, 0) is 4.79 Å². The Hall–Kier alpha value is -3.08. The first-order chi connectivity index (χ1) is 12.2. The van der Waals surface area contributed by atoms with Gasteiger partial charge in [0.1, 0.15) is 0 Å². The van der Waals surface area contributed by atoms with Crippen LogP contribution in [0.4, 0.5) is 21.9 Å². The summed E-state index contributed by atoms with van der Waals surface area (Å²) in [5.74, 6) is 0.0400. The Bertz CT molecular complexity index is 772. The molecule has 128 valence electrons. The van der Waals surface area contributed by atoms with E-state index in [1.807, 2.05) is 36.4 Å². The van der Waals surface area contributed by atoms with Crippen LogP contribution in [0.25, 0.3) is 0 Å². The van der Waals surface area contributed by atoms with E-state index in [0.717, 1.165) is 24.9 Å². The monoisotopic (exact) mass is 335 g/mol. The van der Waals surface area contributed by atoms with Gasteiger partial charge in [0.2, 0.25) is 5.91 Å². The SMILES string of the molecule is O=C(Nc1ccccc1)Nc1cccc(NC(=O)C2CC=CCC2)c1. The number of allylic oxidation sites excluding steroid dienone is 2. The molecule has 1 atom stereocenters. The summed E-state index contributed by atoms with van der Waals surface area (Å²) in [6.45, 7) is 0. The maximum absolute atomic E-state index is 12.3. The number of urea groups is 1. The van der Waals surface area contributed by atoms with E-state index >= 15 is 0 Å². The smallest absolute Gasteiger partial charge is 0.323 e. The second-order valence-electron chi connectivity index (χ2n) is 6.00. The average molecular weight is 335 g/mol. The van der Waals surface area contributed by atoms with Gasteiger partial charge in [0.05, 0.1) is 0 Å². The number of nitrogens with one attached hydrogen (secondary N) is 3. The number of anilines is 3. The quantitative estimate of drug-likeness (QED) is 0.713. The molecule has 2 aromatic carbocycles. The van der Waals surface area contributed by atoms with E-state index in [1.165, 1.54) is 0 Å². The third-order valence-electron chi connectivity index (χ3n) is 4.06. The molecule has 5 nitrogen and oxygen atoms in total. The van der Waals surface area contributed by atoms with Crippen LogP contribution in [0.2, 0.25) is 0 Å². The Morgan fingerprint density at radius 2 is 1.48 bits per heavy atom. The van der Waals surface area contributed by atoms with E-state index in [4.69, 9.17) is 0 Å². The number of amides is 3. The Morgan fingerprint density at radius 3 is 2.20 bits per heavy atom. The number of hydrogen-bond acceptors (Lipinski definition) is 2. The molecule has 2 aromatic rings. The molecule has 0 heterocycles. The van der Waals surface area contributed by atoms with Crippen molar-refractivity contribution >= 4 is 29.0 Å². The zero-order valence-corrected chi connectivity index (χ0v) is 13.9. The minimum atomic E-state index is -0.327. The molecule has 0 saturated heterocycles. The number of benzene rings is 2. The minimum Gasteiger partial charge on any atom is -0.326 e. The van der Waals surface area contributed by atoms with Crippen molar-refractivity contribution in [3.05, 3.63) is 66.7 Å². The lowest BCUT2D eigenvalue weighted by Gasteiger charge is -2.17. The molecule has 0 radical (unpaired) electrons. The molecular formula is C20H21N3O2. The molecule has 3 amide bonds. The normalized spacial score (nSPS) is 16.1. The molecule has 25 heavy (non-hydrogen) atoms. The number of carbonyl (C=O) groups is 2. The molecule has 3 N–H and O–H groups in total. The number of hydrogen-bond donors (Lipinski definition) is 3. The molecule has 0 aromatic heterocycles. The summed E-state index contributed by atoms with van der Waals surface area (Å²) in [7, 11) is 0. The number of carbonyl (C=O) groups excluding carboxylic acids is 2. The maximum atomic E-state index is 12.3. The first-order valence-electron chi connectivity index (χ1n) is 8.40. The van der Waals surface area contributed by atoms with Gasteiger partial charge in [-0.3, -0.25) is 4.79 Å². The molecular weight excluding hydrogens is 314 g/mol. The molecule has 5 heteroatoms. The molecule has 0 aliphatic heterocycles. The molecule has 3 rings (SSSR count). The highest BCUT2D eigenvalue weighted by atomic mass is 16.2. The second-order valence-corrected chi connectivity index (χ2v) is 6.00. The summed E-state index contributed by atoms with van der Waals surface area (Å²) in [4.78, 5) is 24.3. The molecule has 0 spiro atoms. The van der Waals surface area contributed by atoms with Gasteiger partial charge in [-0.05, 0) is 49.6 Å². The topological polar surface area (TPSA) is 70.2 Å². The standard InChI is InChI=1S/C20H21N3O2/c24-19(15-8-3-1-4-9-15)21-17-12-7-13-18(14-17)23-20(25)22-16-10-5-2-6-11-16/h1-3,5-7,10-15H,4,8-9H2,(H,21,24)(H2,22,23,25). The average Bonchev–Trinajstić information content (AvgIpc) is 2.63. The molecule has 0 fully saturated rings. The van der Waals surface area contributed by atoms with E-state index in [9.17, 15) is 9.59 Å². The number of rotatable bonds is 4. The van der Waals surface area contributed by atoms with Crippen LogP contribution in [0.3, 0.4) is 0 Å². The lowest BCUT2D eigenvalue weighted by molar-refractivity contribution is -0.120. The predicted molar refractivity (Wildman–Crippen MR) is 101 cm³/mol. The molecule has 1 aliphatic rings. The molecule has 1 aliphatic carbocycles. The van der Waals surface area contributed by atoms with Crippen LogP contribution in [0.1, 0.15) is 19.3 Å². The van der Waals surface area contributed by atoms with Crippen molar-refractivity contribution in [2.24, 2.45) is 5.92 Å². The van der Waals surface area contributed by atoms with Crippen LogP contribution in [0.5, 0.6) is 0 Å². The third-order valence-corrected chi connectivity index (χ3v) is 4.06. The number of para-hydroxylation sites is 1. The predicted octanol–water partition coefficient (Wildman–Crippen LogP) is 4.63. The van der Waals surface area contributed by atoms with Gasteiger partial charge >= 0.3 is 6.03 Å². The third kappa shape index (κ3) is 4.94. The van der Waals surface area contributed by atoms with E-state index in [0.29, 0.717) is 11.4 Å². The Kier molecular flexibility index (Phi) is 5.46.